The molecule has 3 rings (SSSR count). The monoisotopic (exact) mass is 311 g/mol. The van der Waals surface area contributed by atoms with Gasteiger partial charge in [-0.3, -0.25) is 4.79 Å². The van der Waals surface area contributed by atoms with Gasteiger partial charge in [0.1, 0.15) is 5.82 Å². The first-order chi connectivity index (χ1) is 11.2. The van der Waals surface area contributed by atoms with Gasteiger partial charge in [0, 0.05) is 6.54 Å². The van der Waals surface area contributed by atoms with E-state index >= 15 is 0 Å². The van der Waals surface area contributed by atoms with E-state index in [1.54, 1.807) is 12.1 Å². The van der Waals surface area contributed by atoms with Crippen LogP contribution in [0.25, 0.3) is 11.0 Å². The minimum Gasteiger partial charge on any atom is -0.459 e. The Hall–Kier alpha value is -2.56. The van der Waals surface area contributed by atoms with Gasteiger partial charge < -0.3 is 14.3 Å². The van der Waals surface area contributed by atoms with Gasteiger partial charge >= 0.3 is 0 Å². The van der Waals surface area contributed by atoms with Gasteiger partial charge in [-0.2, -0.15) is 0 Å². The summed E-state index contributed by atoms with van der Waals surface area (Å²) in [6.45, 7) is 5.68. The van der Waals surface area contributed by atoms with Gasteiger partial charge in [0.15, 0.2) is 5.76 Å². The van der Waals surface area contributed by atoms with Crippen molar-refractivity contribution in [1.82, 2.24) is 14.9 Å². The van der Waals surface area contributed by atoms with Crippen LogP contribution in [0.15, 0.2) is 47.1 Å². The highest BCUT2D eigenvalue weighted by atomic mass is 16.3. The number of aromatic nitrogens is 2. The third-order valence-electron chi connectivity index (χ3n) is 4.08. The number of rotatable bonds is 6. The third-order valence-corrected chi connectivity index (χ3v) is 4.08. The first-order valence-electron chi connectivity index (χ1n) is 7.95. The first-order valence-corrected chi connectivity index (χ1v) is 7.95. The Morgan fingerprint density at radius 1 is 1.30 bits per heavy atom. The number of carbonyl (C=O) groups excluding carboxylic acids is 1. The van der Waals surface area contributed by atoms with Gasteiger partial charge in [0.05, 0.1) is 23.8 Å². The predicted molar refractivity (Wildman–Crippen MR) is 89.1 cm³/mol. The van der Waals surface area contributed by atoms with E-state index in [9.17, 15) is 4.79 Å². The predicted octanol–water partition coefficient (Wildman–Crippen LogP) is 3.61. The van der Waals surface area contributed by atoms with Crippen LogP contribution >= 0.6 is 0 Å². The first kappa shape index (κ1) is 15.3. The Bertz CT molecular complexity index is 790. The van der Waals surface area contributed by atoms with Crippen LogP contribution in [0.4, 0.5) is 0 Å². The van der Waals surface area contributed by atoms with Crippen molar-refractivity contribution in [2.24, 2.45) is 5.92 Å². The van der Waals surface area contributed by atoms with Crippen molar-refractivity contribution < 1.29 is 9.21 Å². The number of hydrogen-bond donors (Lipinski definition) is 1. The Balaban J connectivity index is 1.84. The molecule has 0 radical (unpaired) electrons. The number of para-hydroxylation sites is 2. The SMILES string of the molecule is CC[C@@H](C)Cn1c(CNC(=O)c2ccco2)nc2ccccc21. The molecule has 0 saturated carbocycles. The number of nitrogens with zero attached hydrogens (tertiary/aromatic N) is 2. The van der Waals surface area contributed by atoms with Crippen molar-refractivity contribution in [2.75, 3.05) is 0 Å². The lowest BCUT2D eigenvalue weighted by Crippen LogP contribution is -2.25. The number of nitrogens with one attached hydrogen (secondary N) is 1. The zero-order valence-electron chi connectivity index (χ0n) is 13.5. The summed E-state index contributed by atoms with van der Waals surface area (Å²) in [4.78, 5) is 16.7. The van der Waals surface area contributed by atoms with Crippen molar-refractivity contribution in [3.05, 3.63) is 54.2 Å². The van der Waals surface area contributed by atoms with Crippen LogP contribution in [-0.4, -0.2) is 15.5 Å². The number of fused-ring (bicyclic) bond motifs is 1. The molecule has 1 atom stereocenters. The fourth-order valence-electron chi connectivity index (χ4n) is 2.56. The number of furan rings is 1. The Labute approximate surface area is 135 Å². The van der Waals surface area contributed by atoms with E-state index in [4.69, 9.17) is 4.42 Å². The fraction of sp³-hybridized carbons (Fsp3) is 0.333. The quantitative estimate of drug-likeness (QED) is 0.756. The van der Waals surface area contributed by atoms with Crippen molar-refractivity contribution in [1.29, 1.82) is 0 Å². The van der Waals surface area contributed by atoms with Gasteiger partial charge in [-0.1, -0.05) is 32.4 Å². The molecule has 3 aromatic rings. The van der Waals surface area contributed by atoms with Crippen molar-refractivity contribution in [2.45, 2.75) is 33.4 Å². The number of carbonyl (C=O) groups is 1. The molecule has 0 aliphatic heterocycles. The Morgan fingerprint density at radius 2 is 2.13 bits per heavy atom. The summed E-state index contributed by atoms with van der Waals surface area (Å²) < 4.78 is 7.32. The molecule has 0 unspecified atom stereocenters. The smallest absolute Gasteiger partial charge is 0.287 e. The maximum atomic E-state index is 12.0. The maximum absolute atomic E-state index is 12.0. The molecular weight excluding hydrogens is 290 g/mol. The Kier molecular flexibility index (Phi) is 4.46. The molecule has 5 heteroatoms. The summed E-state index contributed by atoms with van der Waals surface area (Å²) in [5.74, 6) is 1.50. The summed E-state index contributed by atoms with van der Waals surface area (Å²) >= 11 is 0. The van der Waals surface area contributed by atoms with E-state index in [0.717, 1.165) is 29.8 Å². The van der Waals surface area contributed by atoms with Crippen LogP contribution in [0.2, 0.25) is 0 Å². The molecule has 1 aromatic carbocycles. The Morgan fingerprint density at radius 3 is 2.87 bits per heavy atom. The summed E-state index contributed by atoms with van der Waals surface area (Å²) in [7, 11) is 0. The van der Waals surface area contributed by atoms with Crippen LogP contribution < -0.4 is 5.32 Å². The second kappa shape index (κ2) is 6.69. The molecule has 5 nitrogen and oxygen atoms in total. The minimum atomic E-state index is -0.225. The highest BCUT2D eigenvalue weighted by molar-refractivity contribution is 5.91. The molecule has 120 valence electrons. The van der Waals surface area contributed by atoms with E-state index in [2.05, 4.69) is 34.8 Å². The minimum absolute atomic E-state index is 0.225. The van der Waals surface area contributed by atoms with E-state index in [1.165, 1.54) is 6.26 Å². The van der Waals surface area contributed by atoms with E-state index in [1.807, 2.05) is 18.2 Å². The topological polar surface area (TPSA) is 60.1 Å². The lowest BCUT2D eigenvalue weighted by molar-refractivity contribution is 0.0921. The molecule has 2 heterocycles. The molecule has 1 N–H and O–H groups in total. The zero-order valence-corrected chi connectivity index (χ0v) is 13.5. The van der Waals surface area contributed by atoms with Gasteiger partial charge in [-0.15, -0.1) is 0 Å². The van der Waals surface area contributed by atoms with Gasteiger partial charge in [-0.25, -0.2) is 4.98 Å². The van der Waals surface area contributed by atoms with Crippen LogP contribution in [0.1, 0.15) is 36.6 Å². The molecule has 0 aliphatic rings. The van der Waals surface area contributed by atoms with Crippen LogP contribution in [-0.2, 0) is 13.1 Å². The number of hydrogen-bond acceptors (Lipinski definition) is 3. The van der Waals surface area contributed by atoms with Gasteiger partial charge in [0.2, 0.25) is 0 Å². The van der Waals surface area contributed by atoms with Crippen LogP contribution in [0.5, 0.6) is 0 Å². The highest BCUT2D eigenvalue weighted by Crippen LogP contribution is 2.19. The molecule has 0 saturated heterocycles. The van der Waals surface area contributed by atoms with Gasteiger partial charge in [-0.05, 0) is 30.2 Å². The standard InChI is InChI=1S/C18H21N3O2/c1-3-13(2)12-21-15-8-5-4-7-14(15)20-17(21)11-19-18(22)16-9-6-10-23-16/h4-10,13H,3,11-12H2,1-2H3,(H,19,22)/t13-/m1/s1. The normalized spacial score (nSPS) is 12.4. The average molecular weight is 311 g/mol. The van der Waals surface area contributed by atoms with E-state index in [0.29, 0.717) is 18.2 Å². The lowest BCUT2D eigenvalue weighted by Gasteiger charge is -2.14. The van der Waals surface area contributed by atoms with Crippen molar-refractivity contribution in [3.8, 4) is 0 Å². The van der Waals surface area contributed by atoms with Crippen molar-refractivity contribution >= 4 is 16.9 Å². The average Bonchev–Trinajstić information content (AvgIpc) is 3.21. The summed E-state index contributed by atoms with van der Waals surface area (Å²) in [5.41, 5.74) is 2.06. The maximum Gasteiger partial charge on any atom is 0.287 e. The molecule has 2 aromatic heterocycles. The molecule has 0 aliphatic carbocycles. The number of imidazole rings is 1. The van der Waals surface area contributed by atoms with E-state index < -0.39 is 0 Å². The molecule has 0 spiro atoms. The largest absolute Gasteiger partial charge is 0.459 e. The molecule has 0 fully saturated rings. The van der Waals surface area contributed by atoms with Crippen LogP contribution in [0, 0.1) is 5.92 Å². The van der Waals surface area contributed by atoms with Crippen LogP contribution in [0.3, 0.4) is 0 Å². The highest BCUT2D eigenvalue weighted by Gasteiger charge is 2.14. The zero-order chi connectivity index (χ0) is 16.2. The molecule has 1 amide bonds. The second-order valence-electron chi connectivity index (χ2n) is 5.80. The summed E-state index contributed by atoms with van der Waals surface area (Å²) in [6.07, 6.45) is 2.60. The third kappa shape index (κ3) is 3.28. The summed E-state index contributed by atoms with van der Waals surface area (Å²) in [5, 5.41) is 2.88. The molecule has 0 bridgehead atoms. The fourth-order valence-corrected chi connectivity index (χ4v) is 2.56. The van der Waals surface area contributed by atoms with Gasteiger partial charge in [0.25, 0.3) is 5.91 Å². The van der Waals surface area contributed by atoms with Crippen molar-refractivity contribution in [3.63, 3.8) is 0 Å². The summed E-state index contributed by atoms with van der Waals surface area (Å²) in [6, 6.07) is 11.4. The number of amides is 1. The molecular formula is C18H21N3O2. The molecule has 23 heavy (non-hydrogen) atoms. The second-order valence-corrected chi connectivity index (χ2v) is 5.80. The lowest BCUT2D eigenvalue weighted by atomic mass is 10.1. The number of benzene rings is 1. The van der Waals surface area contributed by atoms with E-state index in [-0.39, 0.29) is 5.91 Å².